The number of rotatable bonds is 7. The van der Waals surface area contributed by atoms with Crippen molar-refractivity contribution >= 4 is 20.7 Å². The van der Waals surface area contributed by atoms with E-state index in [-0.39, 0.29) is 16.1 Å². The first-order valence-electron chi connectivity index (χ1n) is 10.1. The van der Waals surface area contributed by atoms with E-state index in [1.807, 2.05) is 42.5 Å². The van der Waals surface area contributed by atoms with Crippen LogP contribution in [0.2, 0.25) is 0 Å². The Kier molecular flexibility index (Phi) is 9.63. The zero-order chi connectivity index (χ0) is 22.0. The number of allylic oxidation sites excluding steroid dienone is 3. The van der Waals surface area contributed by atoms with E-state index in [0.717, 1.165) is 49.0 Å². The first kappa shape index (κ1) is 24.2. The molecule has 1 atom stereocenters. The number of hydrogen-bond donors (Lipinski definition) is 1. The van der Waals surface area contributed by atoms with Crippen LogP contribution < -0.4 is 0 Å². The number of aliphatic hydroxyl groups excluding tert-OH is 1. The molecule has 2 aromatic rings. The van der Waals surface area contributed by atoms with Crippen molar-refractivity contribution in [1.82, 2.24) is 0 Å². The molecule has 1 unspecified atom stereocenters. The molecule has 1 fully saturated rings. The van der Waals surface area contributed by atoms with Gasteiger partial charge in [-0.2, -0.15) is 0 Å². The molecule has 0 saturated heterocycles. The lowest BCUT2D eigenvalue weighted by Crippen LogP contribution is -2.24. The topological polar surface area (TPSA) is 54.4 Å². The number of aliphatic hydroxyl groups is 1. The highest BCUT2D eigenvalue weighted by atomic mass is 32.2. The van der Waals surface area contributed by atoms with E-state index in [2.05, 4.69) is 25.3 Å². The molecule has 3 nitrogen and oxygen atoms in total. The van der Waals surface area contributed by atoms with Crippen molar-refractivity contribution in [3.05, 3.63) is 90.9 Å². The Balaban J connectivity index is 0.00000155. The molecule has 2 aromatic carbocycles. The summed E-state index contributed by atoms with van der Waals surface area (Å²) in [6.07, 6.45) is 10.3. The first-order chi connectivity index (χ1) is 14.6. The molecule has 1 N–H and O–H groups in total. The normalized spacial score (nSPS) is 16.1. The van der Waals surface area contributed by atoms with Crippen LogP contribution in [-0.4, -0.2) is 25.9 Å². The second kappa shape index (κ2) is 11.9. The number of benzene rings is 2. The van der Waals surface area contributed by atoms with Crippen molar-refractivity contribution in [1.29, 1.82) is 0 Å². The van der Waals surface area contributed by atoms with Gasteiger partial charge in [-0.25, -0.2) is 8.42 Å². The Bertz CT molecular complexity index is 940. The molecule has 1 aliphatic carbocycles. The standard InChI is InChI=1S/C24H27O2S2.CH4O/c1-3-11-20(4-2)27(21-12-7-5-8-13-21)22-16-18-24(19-17-22)28(25,26)23-14-9-6-10-15-23;1-2/h3-5,7-8,11-13,16-19,23H,1-2,6,9-10,14-15H2;2H,1H3/q+1;/b20-11+;. The van der Waals surface area contributed by atoms with E-state index < -0.39 is 9.84 Å². The van der Waals surface area contributed by atoms with Crippen LogP contribution in [0.25, 0.3) is 0 Å². The van der Waals surface area contributed by atoms with E-state index in [1.165, 1.54) is 4.90 Å². The van der Waals surface area contributed by atoms with E-state index in [0.29, 0.717) is 4.90 Å². The average Bonchev–Trinajstić information content (AvgIpc) is 2.81. The second-order valence-corrected chi connectivity index (χ2v) is 11.2. The van der Waals surface area contributed by atoms with Gasteiger partial charge in [0.05, 0.1) is 21.0 Å². The highest BCUT2D eigenvalue weighted by molar-refractivity contribution is 8.00. The van der Waals surface area contributed by atoms with Crippen LogP contribution in [0.5, 0.6) is 0 Å². The Hall–Kier alpha value is -2.08. The van der Waals surface area contributed by atoms with Crippen LogP contribution in [0, 0.1) is 0 Å². The maximum Gasteiger partial charge on any atom is 0.181 e. The van der Waals surface area contributed by atoms with E-state index in [9.17, 15) is 8.42 Å². The van der Waals surface area contributed by atoms with Gasteiger partial charge in [0.2, 0.25) is 0 Å². The maximum atomic E-state index is 13.0. The minimum Gasteiger partial charge on any atom is -0.400 e. The van der Waals surface area contributed by atoms with Crippen molar-refractivity contribution in [2.24, 2.45) is 0 Å². The average molecular weight is 444 g/mol. The van der Waals surface area contributed by atoms with Gasteiger partial charge in [-0.15, -0.1) is 0 Å². The second-order valence-electron chi connectivity index (χ2n) is 6.90. The zero-order valence-corrected chi connectivity index (χ0v) is 19.2. The van der Waals surface area contributed by atoms with Crippen molar-refractivity contribution in [3.63, 3.8) is 0 Å². The van der Waals surface area contributed by atoms with E-state index in [4.69, 9.17) is 5.11 Å². The predicted molar refractivity (Wildman–Crippen MR) is 127 cm³/mol. The molecule has 3 rings (SSSR count). The van der Waals surface area contributed by atoms with Crippen LogP contribution in [-0.2, 0) is 20.7 Å². The van der Waals surface area contributed by atoms with Gasteiger partial charge in [-0.3, -0.25) is 0 Å². The highest BCUT2D eigenvalue weighted by Gasteiger charge is 2.32. The molecular formula is C25H31O3S2+. The first-order valence-corrected chi connectivity index (χ1v) is 12.9. The van der Waals surface area contributed by atoms with E-state index in [1.54, 1.807) is 18.2 Å². The molecule has 5 heteroatoms. The largest absolute Gasteiger partial charge is 0.400 e. The van der Waals surface area contributed by atoms with Crippen molar-refractivity contribution in [3.8, 4) is 0 Å². The molecule has 0 amide bonds. The zero-order valence-electron chi connectivity index (χ0n) is 17.5. The molecule has 160 valence electrons. The summed E-state index contributed by atoms with van der Waals surface area (Å²) in [7, 11) is -2.60. The van der Waals surface area contributed by atoms with Crippen LogP contribution in [0.15, 0.2) is 106 Å². The summed E-state index contributed by atoms with van der Waals surface area (Å²) in [5, 5.41) is 6.77. The Morgan fingerprint density at radius 3 is 2.03 bits per heavy atom. The van der Waals surface area contributed by atoms with Crippen LogP contribution in [0.3, 0.4) is 0 Å². The van der Waals surface area contributed by atoms with Crippen LogP contribution in [0.4, 0.5) is 0 Å². The Morgan fingerprint density at radius 2 is 1.50 bits per heavy atom. The molecule has 0 aromatic heterocycles. The number of hydrogen-bond acceptors (Lipinski definition) is 3. The monoisotopic (exact) mass is 443 g/mol. The molecule has 0 heterocycles. The van der Waals surface area contributed by atoms with Gasteiger partial charge in [-0.05, 0) is 61.4 Å². The van der Waals surface area contributed by atoms with Gasteiger partial charge in [0.15, 0.2) is 24.5 Å². The minimum absolute atomic E-state index is 0.233. The maximum absolute atomic E-state index is 13.0. The molecule has 0 radical (unpaired) electrons. The van der Waals surface area contributed by atoms with Crippen LogP contribution >= 0.6 is 0 Å². The predicted octanol–water partition coefficient (Wildman–Crippen LogP) is 5.69. The summed E-state index contributed by atoms with van der Waals surface area (Å²) in [5.74, 6) is 0. The van der Waals surface area contributed by atoms with Gasteiger partial charge in [0, 0.05) is 7.11 Å². The molecule has 30 heavy (non-hydrogen) atoms. The van der Waals surface area contributed by atoms with Crippen molar-refractivity contribution in [2.45, 2.75) is 52.0 Å². The molecule has 1 aliphatic rings. The molecule has 0 spiro atoms. The summed E-state index contributed by atoms with van der Waals surface area (Å²) < 4.78 is 26.0. The lowest BCUT2D eigenvalue weighted by atomic mass is 10.0. The third-order valence-electron chi connectivity index (χ3n) is 5.08. The van der Waals surface area contributed by atoms with Gasteiger partial charge in [0.25, 0.3) is 0 Å². The smallest absolute Gasteiger partial charge is 0.181 e. The van der Waals surface area contributed by atoms with Gasteiger partial charge >= 0.3 is 0 Å². The lowest BCUT2D eigenvalue weighted by Gasteiger charge is -2.21. The van der Waals surface area contributed by atoms with E-state index >= 15 is 0 Å². The summed E-state index contributed by atoms with van der Waals surface area (Å²) in [4.78, 5) is 3.73. The van der Waals surface area contributed by atoms with Gasteiger partial charge in [-0.1, -0.05) is 56.7 Å². The summed E-state index contributed by atoms with van der Waals surface area (Å²) in [5.41, 5.74) is 0. The van der Waals surface area contributed by atoms with Crippen molar-refractivity contribution in [2.75, 3.05) is 7.11 Å². The summed E-state index contributed by atoms with van der Waals surface area (Å²) in [6, 6.07) is 17.7. The molecule has 0 aliphatic heterocycles. The van der Waals surface area contributed by atoms with Gasteiger partial charge < -0.3 is 5.11 Å². The highest BCUT2D eigenvalue weighted by Crippen LogP contribution is 2.33. The summed E-state index contributed by atoms with van der Waals surface area (Å²) in [6.45, 7) is 7.78. The fraction of sp³-hybridized carbons (Fsp3) is 0.280. The fourth-order valence-electron chi connectivity index (χ4n) is 3.63. The molecular weight excluding hydrogens is 412 g/mol. The molecule has 1 saturated carbocycles. The minimum atomic E-state index is -3.25. The SMILES string of the molecule is C=C/C=C(\C=C)[S+](c1ccccc1)c1ccc(S(=O)(=O)C2CCCCC2)cc1.CO. The van der Waals surface area contributed by atoms with Gasteiger partial charge in [0.1, 0.15) is 0 Å². The fourth-order valence-corrected chi connectivity index (χ4v) is 7.54. The lowest BCUT2D eigenvalue weighted by molar-refractivity contribution is 0.399. The molecule has 0 bridgehead atoms. The quantitative estimate of drug-likeness (QED) is 0.441. The third-order valence-corrected chi connectivity index (χ3v) is 9.62. The Morgan fingerprint density at radius 1 is 0.933 bits per heavy atom. The van der Waals surface area contributed by atoms with Crippen molar-refractivity contribution < 1.29 is 13.5 Å². The third kappa shape index (κ3) is 5.75. The Labute approximate surface area is 184 Å². The summed E-state index contributed by atoms with van der Waals surface area (Å²) >= 11 is 0. The number of sulfone groups is 1. The van der Waals surface area contributed by atoms with Crippen LogP contribution in [0.1, 0.15) is 32.1 Å².